The van der Waals surface area contributed by atoms with E-state index in [-0.39, 0.29) is 18.5 Å². The number of methoxy groups -OCH3 is 1. The number of anilines is 2. The van der Waals surface area contributed by atoms with Crippen LogP contribution < -0.4 is 15.5 Å². The number of amides is 3. The van der Waals surface area contributed by atoms with E-state index >= 15 is 0 Å². The summed E-state index contributed by atoms with van der Waals surface area (Å²) >= 11 is 0. The minimum atomic E-state index is -0.249. The lowest BCUT2D eigenvalue weighted by atomic mass is 10.0. The molecule has 0 bridgehead atoms. The molecular formula is C27H40N6O5. The van der Waals surface area contributed by atoms with Crippen LogP contribution in [0.5, 0.6) is 0 Å². The highest BCUT2D eigenvalue weighted by molar-refractivity contribution is 5.89. The maximum atomic E-state index is 12.7. The third-order valence-corrected chi connectivity index (χ3v) is 6.10. The van der Waals surface area contributed by atoms with Crippen LogP contribution in [0.2, 0.25) is 0 Å². The number of nitrogens with one attached hydrogen (secondary N) is 2. The normalized spacial score (nSPS) is 14.7. The number of ether oxygens (including phenoxy) is 3. The predicted octanol–water partition coefficient (Wildman–Crippen LogP) is 2.70. The first-order chi connectivity index (χ1) is 18.6. The number of aromatic nitrogens is 2. The van der Waals surface area contributed by atoms with Crippen LogP contribution in [-0.2, 0) is 32.0 Å². The summed E-state index contributed by atoms with van der Waals surface area (Å²) in [6, 6.07) is 7.19. The molecule has 0 radical (unpaired) electrons. The molecule has 3 amide bonds. The Labute approximate surface area is 224 Å². The summed E-state index contributed by atoms with van der Waals surface area (Å²) in [7, 11) is 1.60. The Bertz CT molecular complexity index is 1040. The first kappa shape index (κ1) is 29.3. The van der Waals surface area contributed by atoms with Gasteiger partial charge in [0.05, 0.1) is 38.7 Å². The average molecular weight is 529 g/mol. The minimum Gasteiger partial charge on any atom is -0.382 e. The maximum Gasteiger partial charge on any atom is 0.319 e. The second-order valence-electron chi connectivity index (χ2n) is 8.57. The summed E-state index contributed by atoms with van der Waals surface area (Å²) in [6.45, 7) is 11.1. The van der Waals surface area contributed by atoms with Gasteiger partial charge >= 0.3 is 6.03 Å². The lowest BCUT2D eigenvalue weighted by Crippen LogP contribution is -2.41. The summed E-state index contributed by atoms with van der Waals surface area (Å²) in [5.41, 5.74) is 3.45. The number of carbonyl (C=O) groups excluding carboxylic acids is 2. The molecule has 11 nitrogen and oxygen atoms in total. The zero-order chi connectivity index (χ0) is 27.3. The van der Waals surface area contributed by atoms with Gasteiger partial charge in [0.15, 0.2) is 5.82 Å². The van der Waals surface area contributed by atoms with E-state index < -0.39 is 0 Å². The average Bonchev–Trinajstić information content (AvgIpc) is 2.96. The Kier molecular flexibility index (Phi) is 11.7. The topological polar surface area (TPSA) is 118 Å². The first-order valence-electron chi connectivity index (χ1n) is 13.3. The Hall–Kier alpha value is -3.28. The molecule has 1 fully saturated rings. The smallest absolute Gasteiger partial charge is 0.319 e. The van der Waals surface area contributed by atoms with Crippen molar-refractivity contribution >= 4 is 23.4 Å². The van der Waals surface area contributed by atoms with Crippen LogP contribution in [0.1, 0.15) is 32.0 Å². The van der Waals surface area contributed by atoms with Gasteiger partial charge in [-0.15, -0.1) is 0 Å². The quantitative estimate of drug-likeness (QED) is 0.477. The van der Waals surface area contributed by atoms with Gasteiger partial charge in [-0.2, -0.15) is 0 Å². The van der Waals surface area contributed by atoms with E-state index in [4.69, 9.17) is 24.2 Å². The molecule has 0 unspecified atom stereocenters. The van der Waals surface area contributed by atoms with Gasteiger partial charge in [-0.3, -0.25) is 4.79 Å². The largest absolute Gasteiger partial charge is 0.382 e. The molecule has 0 atom stereocenters. The van der Waals surface area contributed by atoms with Gasteiger partial charge in [0, 0.05) is 50.1 Å². The summed E-state index contributed by atoms with van der Waals surface area (Å²) in [5, 5.41) is 5.51. The molecule has 38 heavy (non-hydrogen) atoms. The van der Waals surface area contributed by atoms with Crippen LogP contribution in [0.15, 0.2) is 24.3 Å². The van der Waals surface area contributed by atoms with Gasteiger partial charge < -0.3 is 34.6 Å². The number of rotatable bonds is 9. The maximum absolute atomic E-state index is 12.7. The fourth-order valence-electron chi connectivity index (χ4n) is 4.22. The van der Waals surface area contributed by atoms with Crippen molar-refractivity contribution in [3.05, 3.63) is 35.5 Å². The van der Waals surface area contributed by atoms with Crippen molar-refractivity contribution < 1.29 is 23.8 Å². The third-order valence-electron chi connectivity index (χ3n) is 6.10. The van der Waals surface area contributed by atoms with E-state index in [1.165, 1.54) is 0 Å². The third kappa shape index (κ3) is 7.86. The molecule has 2 N–H and O–H groups in total. The number of carbonyl (C=O) groups is 2. The van der Waals surface area contributed by atoms with E-state index in [0.717, 1.165) is 35.7 Å². The van der Waals surface area contributed by atoms with Crippen LogP contribution >= 0.6 is 0 Å². The number of hydrogen-bond donors (Lipinski definition) is 2. The zero-order valence-electron chi connectivity index (χ0n) is 22.9. The van der Waals surface area contributed by atoms with Crippen molar-refractivity contribution in [3.63, 3.8) is 0 Å². The van der Waals surface area contributed by atoms with E-state index in [1.54, 1.807) is 12.0 Å². The fraction of sp³-hybridized carbons (Fsp3) is 0.556. The monoisotopic (exact) mass is 528 g/mol. The molecule has 2 aliphatic heterocycles. The second-order valence-corrected chi connectivity index (χ2v) is 8.57. The Morgan fingerprint density at radius 1 is 1.05 bits per heavy atom. The molecule has 1 saturated heterocycles. The molecule has 1 aromatic heterocycles. The summed E-state index contributed by atoms with van der Waals surface area (Å²) < 4.78 is 16.0. The number of fused-ring (bicyclic) bond motifs is 1. The van der Waals surface area contributed by atoms with Crippen LogP contribution in [-0.4, -0.2) is 93.1 Å². The first-order valence-corrected chi connectivity index (χ1v) is 13.3. The van der Waals surface area contributed by atoms with Gasteiger partial charge in [-0.1, -0.05) is 13.8 Å². The lowest BCUT2D eigenvalue weighted by Gasteiger charge is -2.34. The zero-order valence-corrected chi connectivity index (χ0v) is 22.9. The molecule has 0 spiro atoms. The van der Waals surface area contributed by atoms with Crippen LogP contribution in [0, 0.1) is 0 Å². The lowest BCUT2D eigenvalue weighted by molar-refractivity contribution is -0.137. The number of urea groups is 1. The highest BCUT2D eigenvalue weighted by atomic mass is 16.5. The van der Waals surface area contributed by atoms with Gasteiger partial charge in [-0.25, -0.2) is 14.8 Å². The van der Waals surface area contributed by atoms with E-state index in [2.05, 4.69) is 15.5 Å². The van der Waals surface area contributed by atoms with Crippen molar-refractivity contribution in [1.29, 1.82) is 0 Å². The Morgan fingerprint density at radius 2 is 1.79 bits per heavy atom. The minimum absolute atomic E-state index is 0.0209. The SMILES string of the molecule is CC.CCNC(=O)Nc1ccc(-c2nc3c(c(N4CCOCC4)n2)CCN(C(=O)COCCOC)C3)cc1. The van der Waals surface area contributed by atoms with E-state index in [9.17, 15) is 9.59 Å². The van der Waals surface area contributed by atoms with Crippen molar-refractivity contribution in [3.8, 4) is 11.4 Å². The Morgan fingerprint density at radius 3 is 2.47 bits per heavy atom. The molecular weight excluding hydrogens is 488 g/mol. The number of hydrogen-bond acceptors (Lipinski definition) is 8. The molecule has 11 heteroatoms. The second kappa shape index (κ2) is 15.2. The van der Waals surface area contributed by atoms with E-state index in [0.29, 0.717) is 64.0 Å². The fourth-order valence-corrected chi connectivity index (χ4v) is 4.22. The summed E-state index contributed by atoms with van der Waals surface area (Å²) in [5.74, 6) is 1.43. The number of morpholine rings is 1. The number of nitrogens with zero attached hydrogens (tertiary/aromatic N) is 4. The van der Waals surface area contributed by atoms with Crippen molar-refractivity contribution in [2.45, 2.75) is 33.7 Å². The summed E-state index contributed by atoms with van der Waals surface area (Å²) in [4.78, 5) is 38.4. The Balaban J connectivity index is 0.00000195. The van der Waals surface area contributed by atoms with Gasteiger partial charge in [-0.05, 0) is 37.6 Å². The van der Waals surface area contributed by atoms with Crippen LogP contribution in [0.3, 0.4) is 0 Å². The standard InChI is InChI=1S/C25H34N6O5.C2H6/c1-3-26-25(33)27-19-6-4-18(5-7-19)23-28-21-16-31(22(32)17-36-15-14-34-2)9-8-20(21)24(29-23)30-10-12-35-13-11-30;1-2/h4-7H,3,8-17H2,1-2H3,(H2,26,27,33);1-2H3. The van der Waals surface area contributed by atoms with Crippen molar-refractivity contribution in [2.75, 3.05) is 76.5 Å². The molecule has 4 rings (SSSR count). The van der Waals surface area contributed by atoms with Crippen molar-refractivity contribution in [2.24, 2.45) is 0 Å². The van der Waals surface area contributed by atoms with Gasteiger partial charge in [0.1, 0.15) is 12.4 Å². The van der Waals surface area contributed by atoms with Crippen LogP contribution in [0.25, 0.3) is 11.4 Å². The molecule has 2 aromatic rings. The van der Waals surface area contributed by atoms with E-state index in [1.807, 2.05) is 45.0 Å². The van der Waals surface area contributed by atoms with Crippen LogP contribution in [0.4, 0.5) is 16.3 Å². The van der Waals surface area contributed by atoms with Gasteiger partial charge in [0.25, 0.3) is 0 Å². The molecule has 0 aliphatic carbocycles. The molecule has 2 aliphatic rings. The predicted molar refractivity (Wildman–Crippen MR) is 146 cm³/mol. The molecule has 0 saturated carbocycles. The van der Waals surface area contributed by atoms with Gasteiger partial charge in [0.2, 0.25) is 5.91 Å². The number of benzene rings is 1. The summed E-state index contributed by atoms with van der Waals surface area (Å²) in [6.07, 6.45) is 0.682. The highest BCUT2D eigenvalue weighted by Gasteiger charge is 2.28. The van der Waals surface area contributed by atoms with Crippen molar-refractivity contribution in [1.82, 2.24) is 20.2 Å². The molecule has 208 valence electrons. The molecule has 1 aromatic carbocycles. The molecule has 3 heterocycles. The highest BCUT2D eigenvalue weighted by Crippen LogP contribution is 2.30.